The van der Waals surface area contributed by atoms with Gasteiger partial charge in [-0.2, -0.15) is 0 Å². The topological polar surface area (TPSA) is 117 Å². The Balaban J connectivity index is 4.22. The molecule has 6 N–H and O–H groups in total. The Kier molecular flexibility index (Phi) is 21.9. The summed E-state index contributed by atoms with van der Waals surface area (Å²) in [6, 6.07) is -0.598. The first-order valence-corrected chi connectivity index (χ1v) is 13.5. The molecule has 0 saturated carbocycles. The van der Waals surface area contributed by atoms with E-state index in [0.29, 0.717) is 19.4 Å². The van der Waals surface area contributed by atoms with Gasteiger partial charge >= 0.3 is 5.97 Å². The molecule has 0 saturated heterocycles. The molecule has 190 valence electrons. The van der Waals surface area contributed by atoms with Gasteiger partial charge in [0.25, 0.3) is 0 Å². The van der Waals surface area contributed by atoms with Crippen LogP contribution in [0.25, 0.3) is 0 Å². The molecular weight excluding hydrogens is 400 g/mol. The first kappa shape index (κ1) is 30.7. The van der Waals surface area contributed by atoms with Gasteiger partial charge in [0, 0.05) is 6.54 Å². The molecule has 6 heteroatoms. The van der Waals surface area contributed by atoms with Gasteiger partial charge < -0.3 is 21.9 Å². The van der Waals surface area contributed by atoms with Crippen LogP contribution in [0.4, 0.5) is 0 Å². The minimum absolute atomic E-state index is 0.00184. The van der Waals surface area contributed by atoms with Crippen LogP contribution < -0.4 is 17.2 Å². The van der Waals surface area contributed by atoms with Crippen LogP contribution in [0.15, 0.2) is 4.99 Å². The Morgan fingerprint density at radius 1 is 0.688 bits per heavy atom. The number of esters is 1. The van der Waals surface area contributed by atoms with Gasteiger partial charge in [-0.05, 0) is 38.5 Å². The zero-order valence-corrected chi connectivity index (χ0v) is 21.3. The fourth-order valence-electron chi connectivity index (χ4n) is 3.99. The van der Waals surface area contributed by atoms with Crippen LogP contribution in [-0.2, 0) is 9.53 Å². The summed E-state index contributed by atoms with van der Waals surface area (Å²) in [4.78, 5) is 16.4. The van der Waals surface area contributed by atoms with Crippen molar-refractivity contribution in [2.45, 2.75) is 148 Å². The summed E-state index contributed by atoms with van der Waals surface area (Å²) in [5.74, 6) is -0.206. The number of nitrogens with two attached hydrogens (primary N) is 3. The minimum atomic E-state index is -0.598. The molecule has 0 rings (SSSR count). The predicted octanol–water partition coefficient (Wildman–Crippen LogP) is 5.95. The van der Waals surface area contributed by atoms with E-state index in [1.54, 1.807) is 0 Å². The van der Waals surface area contributed by atoms with Gasteiger partial charge in [-0.3, -0.25) is 9.79 Å². The number of nitrogens with zero attached hydrogens (tertiary/aromatic N) is 1. The number of hydrogen-bond acceptors (Lipinski definition) is 4. The van der Waals surface area contributed by atoms with Crippen LogP contribution >= 0.6 is 0 Å². The molecule has 0 aromatic rings. The molecule has 0 radical (unpaired) electrons. The molecule has 0 heterocycles. The highest BCUT2D eigenvalue weighted by molar-refractivity contribution is 5.76. The number of carbonyl (C=O) groups excluding carboxylic acids is 1. The number of hydrogen-bond donors (Lipinski definition) is 3. The summed E-state index contributed by atoms with van der Waals surface area (Å²) in [5.41, 5.74) is 16.7. The fraction of sp³-hybridized carbons (Fsp3) is 0.923. The van der Waals surface area contributed by atoms with E-state index in [-0.39, 0.29) is 18.0 Å². The third kappa shape index (κ3) is 20.6. The van der Waals surface area contributed by atoms with Crippen molar-refractivity contribution in [2.75, 3.05) is 6.54 Å². The molecule has 0 bridgehead atoms. The van der Waals surface area contributed by atoms with Gasteiger partial charge in [-0.1, -0.05) is 97.3 Å². The average Bonchev–Trinajstić information content (AvgIpc) is 2.77. The highest BCUT2D eigenvalue weighted by Crippen LogP contribution is 2.18. The molecule has 2 atom stereocenters. The van der Waals surface area contributed by atoms with E-state index in [1.165, 1.54) is 83.5 Å². The summed E-state index contributed by atoms with van der Waals surface area (Å²) in [7, 11) is 0. The van der Waals surface area contributed by atoms with Gasteiger partial charge in [-0.15, -0.1) is 0 Å². The number of unbranched alkanes of at least 4 members (excludes halogenated alkanes) is 13. The molecule has 0 fully saturated rings. The second-order valence-corrected chi connectivity index (χ2v) is 9.29. The summed E-state index contributed by atoms with van der Waals surface area (Å²) in [6.07, 6.45) is 22.3. The Bertz CT molecular complexity index is 453. The lowest BCUT2D eigenvalue weighted by molar-refractivity contribution is -0.151. The Labute approximate surface area is 198 Å². The van der Waals surface area contributed by atoms with E-state index in [0.717, 1.165) is 25.7 Å². The van der Waals surface area contributed by atoms with Gasteiger partial charge in [0.2, 0.25) is 0 Å². The lowest BCUT2D eigenvalue weighted by atomic mass is 10.0. The first-order chi connectivity index (χ1) is 15.5. The molecule has 0 aromatic heterocycles. The molecule has 0 aliphatic rings. The van der Waals surface area contributed by atoms with Crippen molar-refractivity contribution in [3.8, 4) is 0 Å². The van der Waals surface area contributed by atoms with Crippen molar-refractivity contribution in [1.82, 2.24) is 0 Å². The lowest BCUT2D eigenvalue weighted by Crippen LogP contribution is -2.35. The zero-order chi connectivity index (χ0) is 23.9. The molecule has 6 nitrogen and oxygen atoms in total. The maximum Gasteiger partial charge on any atom is 0.323 e. The Morgan fingerprint density at radius 3 is 1.56 bits per heavy atom. The second kappa shape index (κ2) is 22.9. The lowest BCUT2D eigenvalue weighted by Gasteiger charge is -2.20. The van der Waals surface area contributed by atoms with Crippen LogP contribution in [0.2, 0.25) is 0 Å². The predicted molar refractivity (Wildman–Crippen MR) is 138 cm³/mol. The van der Waals surface area contributed by atoms with Crippen LogP contribution in [0.5, 0.6) is 0 Å². The van der Waals surface area contributed by atoms with Crippen molar-refractivity contribution in [1.29, 1.82) is 0 Å². The Morgan fingerprint density at radius 2 is 1.12 bits per heavy atom. The third-order valence-electron chi connectivity index (χ3n) is 6.06. The van der Waals surface area contributed by atoms with Crippen molar-refractivity contribution < 1.29 is 9.53 Å². The van der Waals surface area contributed by atoms with Crippen molar-refractivity contribution >= 4 is 11.9 Å². The fourth-order valence-corrected chi connectivity index (χ4v) is 3.99. The highest BCUT2D eigenvalue weighted by Gasteiger charge is 2.20. The average molecular weight is 455 g/mol. The number of ether oxygens (including phenoxy) is 1. The van der Waals surface area contributed by atoms with Gasteiger partial charge in [0.15, 0.2) is 5.96 Å². The summed E-state index contributed by atoms with van der Waals surface area (Å²) < 4.78 is 5.84. The minimum Gasteiger partial charge on any atom is -0.461 e. The van der Waals surface area contributed by atoms with E-state index in [2.05, 4.69) is 18.8 Å². The van der Waals surface area contributed by atoms with Crippen molar-refractivity contribution in [3.63, 3.8) is 0 Å². The monoisotopic (exact) mass is 454 g/mol. The zero-order valence-electron chi connectivity index (χ0n) is 21.3. The Hall–Kier alpha value is -1.30. The molecule has 32 heavy (non-hydrogen) atoms. The largest absolute Gasteiger partial charge is 0.461 e. The van der Waals surface area contributed by atoms with E-state index in [9.17, 15) is 4.79 Å². The smallest absolute Gasteiger partial charge is 0.323 e. The standard InChI is InChI=1S/C26H54N4O2/c1-3-5-7-9-11-12-13-15-17-20-23(19-16-14-10-8-6-4-2)32-25(31)24(27)21-18-22-30-26(28)29/h23-24H,3-22,27H2,1-2H3,(H4,28,29,30)/t23?,24-/m0/s1. The van der Waals surface area contributed by atoms with Crippen LogP contribution in [0.3, 0.4) is 0 Å². The molecule has 0 spiro atoms. The SMILES string of the molecule is CCCCCCCCCCCC(CCCCCCCC)OC(=O)[C@@H](N)CCCN=C(N)N. The van der Waals surface area contributed by atoms with Crippen molar-refractivity contribution in [3.05, 3.63) is 0 Å². The molecule has 0 aromatic carbocycles. The molecule has 1 unspecified atom stereocenters. The summed E-state index contributed by atoms with van der Waals surface area (Å²) in [5, 5.41) is 0. The quantitative estimate of drug-likeness (QED) is 0.0763. The van der Waals surface area contributed by atoms with Crippen LogP contribution in [0, 0.1) is 0 Å². The van der Waals surface area contributed by atoms with Crippen molar-refractivity contribution in [2.24, 2.45) is 22.2 Å². The van der Waals surface area contributed by atoms with Gasteiger partial charge in [-0.25, -0.2) is 0 Å². The van der Waals surface area contributed by atoms with Gasteiger partial charge in [0.05, 0.1) is 0 Å². The van der Waals surface area contributed by atoms with Crippen LogP contribution in [0.1, 0.15) is 136 Å². The maximum atomic E-state index is 12.5. The number of aliphatic imine (C=N–C) groups is 1. The summed E-state index contributed by atoms with van der Waals surface area (Å²) >= 11 is 0. The normalized spacial score (nSPS) is 13.0. The molecule has 0 aliphatic heterocycles. The van der Waals surface area contributed by atoms with E-state index >= 15 is 0 Å². The highest BCUT2D eigenvalue weighted by atomic mass is 16.5. The van der Waals surface area contributed by atoms with E-state index in [4.69, 9.17) is 21.9 Å². The molecular formula is C26H54N4O2. The number of rotatable bonds is 23. The first-order valence-electron chi connectivity index (χ1n) is 13.5. The third-order valence-corrected chi connectivity index (χ3v) is 6.06. The number of guanidine groups is 1. The van der Waals surface area contributed by atoms with Gasteiger partial charge in [0.1, 0.15) is 12.1 Å². The summed E-state index contributed by atoms with van der Waals surface area (Å²) in [6.45, 7) is 4.98. The second-order valence-electron chi connectivity index (χ2n) is 9.29. The number of carbonyl (C=O) groups is 1. The van der Waals surface area contributed by atoms with E-state index in [1.807, 2.05) is 0 Å². The van der Waals surface area contributed by atoms with E-state index < -0.39 is 6.04 Å². The maximum absolute atomic E-state index is 12.5. The van der Waals surface area contributed by atoms with Crippen LogP contribution in [-0.4, -0.2) is 30.6 Å². The molecule has 0 aliphatic carbocycles. The molecule has 0 amide bonds.